The number of carbonyl (C=O) groups is 2. The average Bonchev–Trinajstić information content (AvgIpc) is 2.46. The summed E-state index contributed by atoms with van der Waals surface area (Å²) in [6, 6.07) is 6.39. The Bertz CT molecular complexity index is 780. The van der Waals surface area contributed by atoms with Crippen molar-refractivity contribution in [3.05, 3.63) is 29.8 Å². The summed E-state index contributed by atoms with van der Waals surface area (Å²) < 4.78 is 68.7. The Hall–Kier alpha value is -1.84. The van der Waals surface area contributed by atoms with E-state index < -0.39 is 27.6 Å². The number of rotatable bonds is 3. The van der Waals surface area contributed by atoms with Crippen LogP contribution in [0, 0.1) is 11.8 Å². The summed E-state index contributed by atoms with van der Waals surface area (Å²) in [5.74, 6) is 4.35. The van der Waals surface area contributed by atoms with Gasteiger partial charge in [-0.1, -0.05) is 18.1 Å². The normalized spacial score (nSPS) is 10.1. The van der Waals surface area contributed by atoms with Crippen molar-refractivity contribution in [2.75, 3.05) is 6.61 Å². The van der Waals surface area contributed by atoms with E-state index in [0.29, 0.717) is 0 Å². The molecular formula is C14H12AgF3O7S. The number of benzene rings is 1. The van der Waals surface area contributed by atoms with Crippen LogP contribution in [0.25, 0.3) is 0 Å². The predicted molar refractivity (Wildman–Crippen MR) is 77.2 cm³/mol. The molecule has 0 amide bonds. The minimum atomic E-state index is -6.09. The fourth-order valence-electron chi connectivity index (χ4n) is 1.13. The maximum Gasteiger partial charge on any atom is 1.00 e. The van der Waals surface area contributed by atoms with Gasteiger partial charge in [0.1, 0.15) is 11.3 Å². The molecule has 7 nitrogen and oxygen atoms in total. The van der Waals surface area contributed by atoms with Crippen molar-refractivity contribution in [3.8, 4) is 17.6 Å². The molecule has 0 aromatic heterocycles. The van der Waals surface area contributed by atoms with Crippen molar-refractivity contribution in [1.29, 1.82) is 0 Å². The molecule has 1 aromatic carbocycles. The zero-order chi connectivity index (χ0) is 19.7. The smallest absolute Gasteiger partial charge is 0.741 e. The minimum absolute atomic E-state index is 0. The SMILES string of the molecule is CC#CCOC(=O)c1ccccc1OC(C)=O.O=S(=O)([O-])C(F)(F)F.[Ag+]. The molecule has 0 aliphatic heterocycles. The van der Waals surface area contributed by atoms with Gasteiger partial charge in [-0.05, 0) is 19.1 Å². The van der Waals surface area contributed by atoms with E-state index >= 15 is 0 Å². The van der Waals surface area contributed by atoms with Gasteiger partial charge in [-0.25, -0.2) is 13.2 Å². The van der Waals surface area contributed by atoms with E-state index in [2.05, 4.69) is 11.8 Å². The van der Waals surface area contributed by atoms with Crippen LogP contribution in [0.1, 0.15) is 24.2 Å². The van der Waals surface area contributed by atoms with Crippen molar-refractivity contribution in [1.82, 2.24) is 0 Å². The van der Waals surface area contributed by atoms with Crippen LogP contribution in [0.5, 0.6) is 5.75 Å². The number of para-hydroxylation sites is 1. The van der Waals surface area contributed by atoms with Crippen LogP contribution in [0.3, 0.4) is 0 Å². The van der Waals surface area contributed by atoms with Gasteiger partial charge in [0, 0.05) is 6.92 Å². The molecule has 0 aliphatic rings. The number of alkyl halides is 3. The molecular weight excluding hydrogens is 477 g/mol. The van der Waals surface area contributed by atoms with E-state index in [9.17, 15) is 22.8 Å². The fraction of sp³-hybridized carbons (Fsp3) is 0.286. The topological polar surface area (TPSA) is 110 Å². The molecule has 0 N–H and O–H groups in total. The monoisotopic (exact) mass is 488 g/mol. The minimum Gasteiger partial charge on any atom is -0.741 e. The first-order chi connectivity index (χ1) is 11.4. The molecule has 0 unspecified atom stereocenters. The Balaban J connectivity index is 0. The summed E-state index contributed by atoms with van der Waals surface area (Å²) >= 11 is 0. The molecule has 0 spiro atoms. The summed E-state index contributed by atoms with van der Waals surface area (Å²) in [7, 11) is -6.09. The largest absolute Gasteiger partial charge is 1.00 e. The van der Waals surface area contributed by atoms with E-state index in [-0.39, 0.29) is 40.3 Å². The van der Waals surface area contributed by atoms with Crippen molar-refractivity contribution in [3.63, 3.8) is 0 Å². The molecule has 12 heteroatoms. The van der Waals surface area contributed by atoms with Crippen LogP contribution in [0.15, 0.2) is 24.3 Å². The van der Waals surface area contributed by atoms with Gasteiger partial charge in [0.05, 0.1) is 0 Å². The summed E-state index contributed by atoms with van der Waals surface area (Å²) in [4.78, 5) is 22.5. The first-order valence-electron chi connectivity index (χ1n) is 6.26. The Morgan fingerprint density at radius 1 is 1.23 bits per heavy atom. The number of esters is 2. The van der Waals surface area contributed by atoms with Gasteiger partial charge in [-0.15, -0.1) is 5.92 Å². The molecule has 1 rings (SSSR count). The summed E-state index contributed by atoms with van der Waals surface area (Å²) in [5, 5.41) is 0. The van der Waals surface area contributed by atoms with Crippen LogP contribution >= 0.6 is 0 Å². The molecule has 0 fully saturated rings. The molecule has 148 valence electrons. The molecule has 1 aromatic rings. The maximum absolute atomic E-state index is 11.6. The van der Waals surface area contributed by atoms with Crippen LogP contribution in [-0.2, 0) is 42.0 Å². The van der Waals surface area contributed by atoms with Gasteiger partial charge in [-0.3, -0.25) is 4.79 Å². The van der Waals surface area contributed by atoms with Crippen LogP contribution < -0.4 is 4.74 Å². The van der Waals surface area contributed by atoms with Crippen molar-refractivity contribution in [2.45, 2.75) is 19.4 Å². The second kappa shape index (κ2) is 11.7. The Morgan fingerprint density at radius 2 is 1.73 bits per heavy atom. The molecule has 0 saturated carbocycles. The number of halogens is 3. The van der Waals surface area contributed by atoms with Crippen LogP contribution in [-0.4, -0.2) is 37.0 Å². The van der Waals surface area contributed by atoms with E-state index in [1.807, 2.05) is 0 Å². The molecule has 0 saturated heterocycles. The van der Waals surface area contributed by atoms with Crippen LogP contribution in [0.4, 0.5) is 13.2 Å². The molecule has 0 aliphatic carbocycles. The second-order valence-corrected chi connectivity index (χ2v) is 5.36. The molecule has 26 heavy (non-hydrogen) atoms. The van der Waals surface area contributed by atoms with Gasteiger partial charge in [-0.2, -0.15) is 13.2 Å². The third kappa shape index (κ3) is 10.2. The molecule has 0 bridgehead atoms. The van der Waals surface area contributed by atoms with Crippen molar-refractivity contribution in [2.24, 2.45) is 0 Å². The first-order valence-corrected chi connectivity index (χ1v) is 7.67. The standard InChI is InChI=1S/C13H12O4.CHF3O3S.Ag/c1-3-4-9-16-13(15)11-7-5-6-8-12(11)17-10(2)14;2-1(3,4)8(5,6)7;/h5-8H,9H2,1-2H3;(H,5,6,7);/q;;+1/p-1. The number of hydrogen-bond donors (Lipinski definition) is 0. The molecule has 0 radical (unpaired) electrons. The quantitative estimate of drug-likeness (QED) is 0.159. The van der Waals surface area contributed by atoms with E-state index in [4.69, 9.17) is 22.4 Å². The molecule has 0 atom stereocenters. The predicted octanol–water partition coefficient (Wildman–Crippen LogP) is 1.84. The molecule has 0 heterocycles. The Labute approximate surface area is 163 Å². The van der Waals surface area contributed by atoms with Crippen LogP contribution in [0.2, 0.25) is 0 Å². The van der Waals surface area contributed by atoms with Crippen molar-refractivity contribution < 1.29 is 67.6 Å². The van der Waals surface area contributed by atoms with E-state index in [1.165, 1.54) is 19.1 Å². The number of carbonyl (C=O) groups excluding carboxylic acids is 2. The average molecular weight is 489 g/mol. The Morgan fingerprint density at radius 3 is 2.15 bits per heavy atom. The fourth-order valence-corrected chi connectivity index (χ4v) is 1.13. The summed E-state index contributed by atoms with van der Waals surface area (Å²) in [6.45, 7) is 2.94. The van der Waals surface area contributed by atoms with E-state index in [1.54, 1.807) is 19.1 Å². The van der Waals surface area contributed by atoms with Gasteiger partial charge >= 0.3 is 39.8 Å². The maximum atomic E-state index is 11.6. The van der Waals surface area contributed by atoms with Gasteiger partial charge in [0.2, 0.25) is 0 Å². The van der Waals surface area contributed by atoms with Gasteiger partial charge in [0.25, 0.3) is 0 Å². The zero-order valence-corrected chi connectivity index (χ0v) is 15.5. The zero-order valence-electron chi connectivity index (χ0n) is 13.2. The third-order valence-electron chi connectivity index (χ3n) is 2.10. The Kier molecular flexibility index (Phi) is 11.9. The van der Waals surface area contributed by atoms with Gasteiger partial charge < -0.3 is 14.0 Å². The first kappa shape index (κ1) is 26.4. The second-order valence-electron chi connectivity index (χ2n) is 3.99. The third-order valence-corrected chi connectivity index (χ3v) is 2.66. The summed E-state index contributed by atoms with van der Waals surface area (Å²) in [6.07, 6.45) is 0. The van der Waals surface area contributed by atoms with Crippen molar-refractivity contribution >= 4 is 22.1 Å². The van der Waals surface area contributed by atoms with E-state index in [0.717, 1.165) is 0 Å². The number of hydrogen-bond acceptors (Lipinski definition) is 7. The summed E-state index contributed by atoms with van der Waals surface area (Å²) in [5.41, 5.74) is -5.44. The van der Waals surface area contributed by atoms with Gasteiger partial charge in [0.15, 0.2) is 16.7 Å². The number of ether oxygens (including phenoxy) is 2.